The molecule has 0 saturated carbocycles. The Bertz CT molecular complexity index is 728. The van der Waals surface area contributed by atoms with Gasteiger partial charge in [0.1, 0.15) is 0 Å². The molecule has 1 heterocycles. The third-order valence-corrected chi connectivity index (χ3v) is 4.59. The smallest absolute Gasteiger partial charge is 0.291 e. The summed E-state index contributed by atoms with van der Waals surface area (Å²) in [7, 11) is -2.47. The molecule has 0 saturated heterocycles. The van der Waals surface area contributed by atoms with Gasteiger partial charge in [0.15, 0.2) is 10.0 Å². The van der Waals surface area contributed by atoms with Crippen LogP contribution in [0, 0.1) is 10.1 Å². The van der Waals surface area contributed by atoms with Gasteiger partial charge in [-0.1, -0.05) is 0 Å². The maximum Gasteiger partial charge on any atom is 0.291 e. The van der Waals surface area contributed by atoms with Crippen molar-refractivity contribution < 1.29 is 13.3 Å². The lowest BCUT2D eigenvalue weighted by Crippen LogP contribution is -2.14. The van der Waals surface area contributed by atoms with E-state index in [1.54, 1.807) is 12.4 Å². The highest BCUT2D eigenvalue weighted by Gasteiger charge is 2.26. The minimum Gasteiger partial charge on any atom is -0.388 e. The van der Waals surface area contributed by atoms with Gasteiger partial charge in [-0.05, 0) is 12.1 Å². The van der Waals surface area contributed by atoms with Crippen LogP contribution in [0.15, 0.2) is 34.7 Å². The van der Waals surface area contributed by atoms with Gasteiger partial charge in [0.25, 0.3) is 15.7 Å². The molecule has 20 heavy (non-hydrogen) atoms. The van der Waals surface area contributed by atoms with Gasteiger partial charge in [0.2, 0.25) is 0 Å². The highest BCUT2D eigenvalue weighted by atomic mass is 32.2. The monoisotopic (exact) mass is 314 g/mol. The highest BCUT2D eigenvalue weighted by molar-refractivity contribution is 7.93. The topological polar surface area (TPSA) is 114 Å². The van der Waals surface area contributed by atoms with Gasteiger partial charge in [0, 0.05) is 30.4 Å². The van der Waals surface area contributed by atoms with Crippen LogP contribution in [0.1, 0.15) is 0 Å². The van der Waals surface area contributed by atoms with Crippen molar-refractivity contribution >= 4 is 37.9 Å². The zero-order valence-electron chi connectivity index (χ0n) is 10.2. The Morgan fingerprint density at radius 2 is 2.15 bits per heavy atom. The summed E-state index contributed by atoms with van der Waals surface area (Å²) in [6.07, 6.45) is 1.43. The number of nitrogens with one attached hydrogen (secondary N) is 2. The number of sulfonamides is 1. The van der Waals surface area contributed by atoms with Crippen molar-refractivity contribution in [2.24, 2.45) is 0 Å². The summed E-state index contributed by atoms with van der Waals surface area (Å²) in [5.41, 5.74) is -0.0502. The zero-order valence-corrected chi connectivity index (χ0v) is 11.9. The van der Waals surface area contributed by atoms with Crippen molar-refractivity contribution in [2.75, 3.05) is 17.1 Å². The summed E-state index contributed by atoms with van der Waals surface area (Å²) in [5, 5.41) is 15.5. The first kappa shape index (κ1) is 14.2. The number of rotatable bonds is 5. The molecule has 8 nitrogen and oxygen atoms in total. The summed E-state index contributed by atoms with van der Waals surface area (Å²) < 4.78 is 26.5. The lowest BCUT2D eigenvalue weighted by molar-refractivity contribution is -0.387. The number of anilines is 2. The van der Waals surface area contributed by atoms with E-state index in [2.05, 4.69) is 15.0 Å². The van der Waals surface area contributed by atoms with Gasteiger partial charge >= 0.3 is 0 Å². The van der Waals surface area contributed by atoms with Crippen LogP contribution in [0.25, 0.3) is 0 Å². The van der Waals surface area contributed by atoms with E-state index in [1.807, 2.05) is 0 Å². The van der Waals surface area contributed by atoms with Crippen LogP contribution >= 0.6 is 11.3 Å². The first-order chi connectivity index (χ1) is 9.44. The predicted molar refractivity (Wildman–Crippen MR) is 75.6 cm³/mol. The Kier molecular flexibility index (Phi) is 3.86. The van der Waals surface area contributed by atoms with E-state index in [4.69, 9.17) is 0 Å². The molecule has 2 N–H and O–H groups in total. The molecule has 0 fully saturated rings. The molecule has 0 aliphatic carbocycles. The Morgan fingerprint density at radius 1 is 1.40 bits per heavy atom. The van der Waals surface area contributed by atoms with Crippen LogP contribution in [0.5, 0.6) is 0 Å². The van der Waals surface area contributed by atoms with E-state index in [9.17, 15) is 18.5 Å². The lowest BCUT2D eigenvalue weighted by Gasteiger charge is -2.07. The molecule has 0 spiro atoms. The molecule has 2 aromatic rings. The molecular formula is C10H10N4O4S2. The minimum absolute atomic E-state index is 0.150. The molecule has 106 valence electrons. The molecule has 0 amide bonds. The fraction of sp³-hybridized carbons (Fsp3) is 0.100. The molecule has 0 radical (unpaired) electrons. The molecule has 1 aromatic heterocycles. The van der Waals surface area contributed by atoms with Crippen LogP contribution in [0.2, 0.25) is 0 Å². The number of hydrogen-bond donors (Lipinski definition) is 2. The van der Waals surface area contributed by atoms with Crippen molar-refractivity contribution in [3.63, 3.8) is 0 Å². The Hall–Kier alpha value is -2.20. The molecule has 0 unspecified atom stereocenters. The quantitative estimate of drug-likeness (QED) is 0.643. The fourth-order valence-electron chi connectivity index (χ4n) is 1.49. The number of nitro benzene ring substituents is 1. The van der Waals surface area contributed by atoms with Crippen LogP contribution in [0.4, 0.5) is 16.5 Å². The molecule has 0 atom stereocenters. The van der Waals surface area contributed by atoms with E-state index in [0.29, 0.717) is 5.69 Å². The predicted octanol–water partition coefficient (Wildman–Crippen LogP) is 1.89. The average molecular weight is 314 g/mol. The maximum absolute atomic E-state index is 12.2. The van der Waals surface area contributed by atoms with Gasteiger partial charge in [0.05, 0.1) is 4.92 Å². The van der Waals surface area contributed by atoms with E-state index in [1.165, 1.54) is 18.3 Å². The Morgan fingerprint density at radius 3 is 2.70 bits per heavy atom. The summed E-state index contributed by atoms with van der Waals surface area (Å²) >= 11 is 1.08. The van der Waals surface area contributed by atoms with Crippen LogP contribution in [0.3, 0.4) is 0 Å². The second-order valence-corrected chi connectivity index (χ2v) is 6.18. The second-order valence-electron chi connectivity index (χ2n) is 3.63. The van der Waals surface area contributed by atoms with Crippen molar-refractivity contribution in [3.05, 3.63) is 39.9 Å². The number of benzene rings is 1. The second kappa shape index (κ2) is 5.43. The summed E-state index contributed by atoms with van der Waals surface area (Å²) in [4.78, 5) is 13.6. The number of hydrogen-bond acceptors (Lipinski definition) is 7. The number of aromatic nitrogens is 1. The van der Waals surface area contributed by atoms with Gasteiger partial charge in [-0.2, -0.15) is 0 Å². The van der Waals surface area contributed by atoms with E-state index < -0.39 is 25.5 Å². The lowest BCUT2D eigenvalue weighted by atomic mass is 10.3. The van der Waals surface area contributed by atoms with Gasteiger partial charge in [-0.25, -0.2) is 13.4 Å². The van der Waals surface area contributed by atoms with Crippen LogP contribution < -0.4 is 10.0 Å². The summed E-state index contributed by atoms with van der Waals surface area (Å²) in [6, 6.07) is 3.79. The zero-order chi connectivity index (χ0) is 14.8. The summed E-state index contributed by atoms with van der Waals surface area (Å²) in [5.74, 6) is 0. The van der Waals surface area contributed by atoms with Gasteiger partial charge < -0.3 is 5.32 Å². The van der Waals surface area contributed by atoms with Crippen LogP contribution in [-0.4, -0.2) is 25.4 Å². The fourth-order valence-corrected chi connectivity index (χ4v) is 3.43. The minimum atomic E-state index is -4.06. The number of nitrogens with zero attached hydrogens (tertiary/aromatic N) is 2. The van der Waals surface area contributed by atoms with Crippen molar-refractivity contribution in [1.29, 1.82) is 0 Å². The maximum atomic E-state index is 12.2. The Balaban J connectivity index is 2.48. The molecule has 2 rings (SSSR count). The molecular weight excluding hydrogens is 304 g/mol. The van der Waals surface area contributed by atoms with Crippen molar-refractivity contribution in [2.45, 2.75) is 4.90 Å². The third kappa shape index (κ3) is 2.86. The van der Waals surface area contributed by atoms with Crippen molar-refractivity contribution in [3.8, 4) is 0 Å². The standard InChI is InChI=1S/C10H10N4O4S2/c1-11-7-2-3-9(8(6-7)14(15)16)20(17,18)13-10-12-4-5-19-10/h2-6,11H,1H3,(H,12,13). The van der Waals surface area contributed by atoms with E-state index >= 15 is 0 Å². The highest BCUT2D eigenvalue weighted by Crippen LogP contribution is 2.28. The number of thiazole rings is 1. The van der Waals surface area contributed by atoms with E-state index in [0.717, 1.165) is 17.4 Å². The number of nitro groups is 1. The first-order valence-corrected chi connectivity index (χ1v) is 7.69. The Labute approximate surface area is 118 Å². The van der Waals surface area contributed by atoms with E-state index in [-0.39, 0.29) is 5.13 Å². The molecule has 0 aliphatic heterocycles. The van der Waals surface area contributed by atoms with Crippen molar-refractivity contribution in [1.82, 2.24) is 4.98 Å². The van der Waals surface area contributed by atoms with Gasteiger partial charge in [-0.15, -0.1) is 11.3 Å². The molecule has 10 heteroatoms. The molecule has 0 aliphatic rings. The first-order valence-electron chi connectivity index (χ1n) is 5.32. The molecule has 1 aromatic carbocycles. The summed E-state index contributed by atoms with van der Waals surface area (Å²) in [6.45, 7) is 0. The van der Waals surface area contributed by atoms with Gasteiger partial charge in [-0.3, -0.25) is 14.8 Å². The molecule has 0 bridgehead atoms. The van der Waals surface area contributed by atoms with Crippen LogP contribution in [-0.2, 0) is 10.0 Å². The SMILES string of the molecule is CNc1ccc(S(=O)(=O)Nc2nccs2)c([N+](=O)[O-])c1. The normalized spacial score (nSPS) is 11.1. The average Bonchev–Trinajstić information content (AvgIpc) is 2.90. The third-order valence-electron chi connectivity index (χ3n) is 2.39. The largest absolute Gasteiger partial charge is 0.388 e.